The number of para-hydroxylation sites is 1. The summed E-state index contributed by atoms with van der Waals surface area (Å²) in [6.45, 7) is 4.07. The van der Waals surface area contributed by atoms with Crippen molar-refractivity contribution in [3.05, 3.63) is 41.5 Å². The number of carboxylic acids is 1. The Kier molecular flexibility index (Phi) is 4.22. The van der Waals surface area contributed by atoms with Crippen LogP contribution in [0.1, 0.15) is 25.0 Å². The summed E-state index contributed by atoms with van der Waals surface area (Å²) in [6, 6.07) is 5.96. The Labute approximate surface area is 135 Å². The molecule has 4 unspecified atom stereocenters. The smallest absolute Gasteiger partial charge is 0.310 e. The van der Waals surface area contributed by atoms with Gasteiger partial charge in [0, 0.05) is 5.69 Å². The van der Waals surface area contributed by atoms with Gasteiger partial charge in [-0.15, -0.1) is 0 Å². The van der Waals surface area contributed by atoms with Gasteiger partial charge in [0.25, 0.3) is 0 Å². The average molecular weight is 315 g/mol. The molecule has 1 fully saturated rings. The first kappa shape index (κ1) is 15.7. The van der Waals surface area contributed by atoms with Crippen molar-refractivity contribution >= 4 is 17.6 Å². The predicted octanol–water partition coefficient (Wildman–Crippen LogP) is 2.40. The number of carbonyl (C=O) groups is 2. The number of hydrogen-bond acceptors (Lipinski definition) is 3. The fourth-order valence-corrected chi connectivity index (χ4v) is 3.52. The van der Waals surface area contributed by atoms with E-state index in [9.17, 15) is 14.7 Å². The van der Waals surface area contributed by atoms with Crippen molar-refractivity contribution in [3.8, 4) is 0 Å². The third kappa shape index (κ3) is 2.65. The molecule has 2 bridgehead atoms. The van der Waals surface area contributed by atoms with E-state index in [0.29, 0.717) is 0 Å². The van der Waals surface area contributed by atoms with E-state index in [2.05, 4.69) is 5.32 Å². The zero-order valence-corrected chi connectivity index (χ0v) is 13.3. The molecule has 1 aromatic rings. The van der Waals surface area contributed by atoms with Crippen molar-refractivity contribution < 1.29 is 19.4 Å². The molecule has 122 valence electrons. The molecule has 23 heavy (non-hydrogen) atoms. The Morgan fingerprint density at radius 3 is 2.17 bits per heavy atom. The third-order valence-corrected chi connectivity index (χ3v) is 4.73. The molecule has 0 saturated carbocycles. The van der Waals surface area contributed by atoms with Crippen LogP contribution in [0.4, 0.5) is 5.69 Å². The molecule has 0 aromatic heterocycles. The van der Waals surface area contributed by atoms with Crippen LogP contribution in [0.3, 0.4) is 0 Å². The van der Waals surface area contributed by atoms with Gasteiger partial charge in [-0.25, -0.2) is 0 Å². The Bertz CT molecular complexity index is 645. The van der Waals surface area contributed by atoms with E-state index < -0.39 is 30.0 Å². The number of aryl methyl sites for hydroxylation is 2. The summed E-state index contributed by atoms with van der Waals surface area (Å²) in [5, 5.41) is 12.4. The summed E-state index contributed by atoms with van der Waals surface area (Å²) < 4.78 is 5.58. The summed E-state index contributed by atoms with van der Waals surface area (Å²) in [6.07, 6.45) is 4.20. The van der Waals surface area contributed by atoms with Gasteiger partial charge in [-0.1, -0.05) is 44.2 Å². The van der Waals surface area contributed by atoms with Gasteiger partial charge in [0.2, 0.25) is 5.91 Å². The number of ether oxygens (including phenoxy) is 1. The Morgan fingerprint density at radius 1 is 1.09 bits per heavy atom. The van der Waals surface area contributed by atoms with Gasteiger partial charge < -0.3 is 15.2 Å². The third-order valence-electron chi connectivity index (χ3n) is 4.73. The highest BCUT2D eigenvalue weighted by atomic mass is 16.5. The number of benzene rings is 1. The van der Waals surface area contributed by atoms with E-state index in [0.717, 1.165) is 29.7 Å². The SMILES string of the molecule is CCc1cccc(CC)c1NC(=O)C1C2C=CC(O2)C1C(=O)O. The van der Waals surface area contributed by atoms with Gasteiger partial charge in [-0.05, 0) is 24.0 Å². The van der Waals surface area contributed by atoms with Crippen LogP contribution >= 0.6 is 0 Å². The molecule has 2 heterocycles. The molecular formula is C18H21NO4. The first-order chi connectivity index (χ1) is 11.1. The van der Waals surface area contributed by atoms with Crippen LogP contribution in [0, 0.1) is 11.8 Å². The number of amides is 1. The van der Waals surface area contributed by atoms with Gasteiger partial charge in [-0.3, -0.25) is 9.59 Å². The van der Waals surface area contributed by atoms with Crippen molar-refractivity contribution in [1.82, 2.24) is 0 Å². The van der Waals surface area contributed by atoms with Crippen molar-refractivity contribution in [2.75, 3.05) is 5.32 Å². The molecule has 1 saturated heterocycles. The first-order valence-corrected chi connectivity index (χ1v) is 8.05. The van der Waals surface area contributed by atoms with E-state index in [1.807, 2.05) is 32.0 Å². The first-order valence-electron chi connectivity index (χ1n) is 8.05. The van der Waals surface area contributed by atoms with Crippen LogP contribution in [0.15, 0.2) is 30.4 Å². The van der Waals surface area contributed by atoms with E-state index in [1.165, 1.54) is 0 Å². The maximum atomic E-state index is 12.8. The molecular weight excluding hydrogens is 294 g/mol. The minimum absolute atomic E-state index is 0.273. The van der Waals surface area contributed by atoms with E-state index >= 15 is 0 Å². The second-order valence-corrected chi connectivity index (χ2v) is 5.99. The van der Waals surface area contributed by atoms with Crippen LogP contribution in [0.2, 0.25) is 0 Å². The minimum atomic E-state index is -0.985. The van der Waals surface area contributed by atoms with E-state index in [1.54, 1.807) is 12.2 Å². The van der Waals surface area contributed by atoms with Crippen LogP contribution in [-0.4, -0.2) is 29.2 Å². The zero-order valence-electron chi connectivity index (χ0n) is 13.3. The Hall–Kier alpha value is -2.14. The number of fused-ring (bicyclic) bond motifs is 2. The van der Waals surface area contributed by atoms with Crippen LogP contribution in [0.25, 0.3) is 0 Å². The highest BCUT2D eigenvalue weighted by Crippen LogP contribution is 2.40. The van der Waals surface area contributed by atoms with Gasteiger partial charge in [0.05, 0.1) is 18.1 Å². The maximum absolute atomic E-state index is 12.8. The Morgan fingerprint density at radius 2 is 1.65 bits per heavy atom. The fraction of sp³-hybridized carbons (Fsp3) is 0.444. The largest absolute Gasteiger partial charge is 0.481 e. The number of hydrogen-bond donors (Lipinski definition) is 2. The maximum Gasteiger partial charge on any atom is 0.310 e. The lowest BCUT2D eigenvalue weighted by molar-refractivity contribution is -0.145. The molecule has 2 aliphatic rings. The molecule has 0 radical (unpaired) electrons. The lowest BCUT2D eigenvalue weighted by Gasteiger charge is -2.22. The lowest BCUT2D eigenvalue weighted by atomic mass is 9.82. The van der Waals surface area contributed by atoms with Crippen LogP contribution in [0.5, 0.6) is 0 Å². The molecule has 5 heteroatoms. The molecule has 5 nitrogen and oxygen atoms in total. The van der Waals surface area contributed by atoms with Gasteiger partial charge in [-0.2, -0.15) is 0 Å². The summed E-state index contributed by atoms with van der Waals surface area (Å²) >= 11 is 0. The second-order valence-electron chi connectivity index (χ2n) is 5.99. The number of aliphatic carboxylic acids is 1. The van der Waals surface area contributed by atoms with Crippen molar-refractivity contribution in [2.24, 2.45) is 11.8 Å². The second kappa shape index (κ2) is 6.16. The quantitative estimate of drug-likeness (QED) is 0.818. The van der Waals surface area contributed by atoms with Crippen LogP contribution in [-0.2, 0) is 27.2 Å². The topological polar surface area (TPSA) is 75.6 Å². The Balaban J connectivity index is 1.88. The number of carboxylic acid groups (broad SMARTS) is 1. The van der Waals surface area contributed by atoms with E-state index in [4.69, 9.17) is 4.74 Å². The van der Waals surface area contributed by atoms with Crippen LogP contribution < -0.4 is 5.32 Å². The highest BCUT2D eigenvalue weighted by molar-refractivity contribution is 5.97. The molecule has 2 N–H and O–H groups in total. The number of rotatable bonds is 5. The fourth-order valence-electron chi connectivity index (χ4n) is 3.52. The molecule has 4 atom stereocenters. The lowest BCUT2D eigenvalue weighted by Crippen LogP contribution is -2.39. The van der Waals surface area contributed by atoms with Gasteiger partial charge in [0.1, 0.15) is 5.92 Å². The summed E-state index contributed by atoms with van der Waals surface area (Å²) in [7, 11) is 0. The predicted molar refractivity (Wildman–Crippen MR) is 86.2 cm³/mol. The molecule has 1 aromatic carbocycles. The molecule has 3 rings (SSSR count). The molecule has 1 amide bonds. The number of carbonyl (C=O) groups excluding carboxylic acids is 1. The van der Waals surface area contributed by atoms with E-state index in [-0.39, 0.29) is 5.91 Å². The molecule has 0 aliphatic carbocycles. The summed E-state index contributed by atoms with van der Waals surface area (Å²) in [5.41, 5.74) is 2.94. The van der Waals surface area contributed by atoms with Gasteiger partial charge >= 0.3 is 5.97 Å². The average Bonchev–Trinajstić information content (AvgIpc) is 3.15. The van der Waals surface area contributed by atoms with Gasteiger partial charge in [0.15, 0.2) is 0 Å². The normalized spacial score (nSPS) is 28.1. The summed E-state index contributed by atoms with van der Waals surface area (Å²) in [5.74, 6) is -2.76. The highest BCUT2D eigenvalue weighted by Gasteiger charge is 2.53. The van der Waals surface area contributed by atoms with Crippen molar-refractivity contribution in [1.29, 1.82) is 0 Å². The standard InChI is InChI=1S/C18H21NO4/c1-3-10-6-5-7-11(4-2)16(10)19-17(20)14-12-8-9-13(23-12)15(14)18(21)22/h5-9,12-15H,3-4H2,1-2H3,(H,19,20)(H,21,22). The van der Waals surface area contributed by atoms with Crippen molar-refractivity contribution in [2.45, 2.75) is 38.9 Å². The zero-order chi connectivity index (χ0) is 16.6. The van der Waals surface area contributed by atoms with Crippen molar-refractivity contribution in [3.63, 3.8) is 0 Å². The monoisotopic (exact) mass is 315 g/mol. The number of nitrogens with one attached hydrogen (secondary N) is 1. The number of anilines is 1. The minimum Gasteiger partial charge on any atom is -0.481 e. The summed E-state index contributed by atoms with van der Waals surface area (Å²) in [4.78, 5) is 24.3. The molecule has 0 spiro atoms. The molecule has 2 aliphatic heterocycles.